The van der Waals surface area contributed by atoms with E-state index in [-0.39, 0.29) is 12.5 Å². The molecule has 2 aromatic rings. The fourth-order valence-corrected chi connectivity index (χ4v) is 2.75. The minimum Gasteiger partial charge on any atom is -0.482 e. The highest BCUT2D eigenvalue weighted by molar-refractivity contribution is 8.00. The van der Waals surface area contributed by atoms with E-state index < -0.39 is 0 Å². The average molecular weight is 350 g/mol. The molecule has 1 aromatic heterocycles. The van der Waals surface area contributed by atoms with Crippen LogP contribution in [0, 0.1) is 0 Å². The normalized spacial score (nSPS) is 10.3. The summed E-state index contributed by atoms with van der Waals surface area (Å²) < 4.78 is 6.08. The standard InChI is InChI=1S/C11H9Cl2N3O2S2/c1-19-11-16-15-10(20-11)14-9(17)5-18-8-4-6(12)2-3-7(8)13/h2-4H,5H2,1H3,(H,14,15,17). The molecule has 20 heavy (non-hydrogen) atoms. The second kappa shape index (κ2) is 7.12. The number of anilines is 1. The van der Waals surface area contributed by atoms with Crippen molar-refractivity contribution in [1.29, 1.82) is 0 Å². The van der Waals surface area contributed by atoms with Crippen molar-refractivity contribution in [3.8, 4) is 5.75 Å². The van der Waals surface area contributed by atoms with E-state index in [1.165, 1.54) is 23.1 Å². The number of thioether (sulfide) groups is 1. The summed E-state index contributed by atoms with van der Waals surface area (Å²) in [5.74, 6) is 0.0150. The van der Waals surface area contributed by atoms with E-state index in [1.54, 1.807) is 18.2 Å². The van der Waals surface area contributed by atoms with Crippen molar-refractivity contribution in [2.24, 2.45) is 0 Å². The van der Waals surface area contributed by atoms with Gasteiger partial charge in [-0.25, -0.2) is 0 Å². The molecule has 0 unspecified atom stereocenters. The Morgan fingerprint density at radius 1 is 1.45 bits per heavy atom. The predicted octanol–water partition coefficient (Wildman–Crippen LogP) is 3.58. The molecule has 106 valence electrons. The van der Waals surface area contributed by atoms with Crippen LogP contribution in [0.25, 0.3) is 0 Å². The Hall–Kier alpha value is -1.02. The van der Waals surface area contributed by atoms with Crippen molar-refractivity contribution in [1.82, 2.24) is 10.2 Å². The third kappa shape index (κ3) is 4.24. The van der Waals surface area contributed by atoms with Gasteiger partial charge in [0.1, 0.15) is 5.75 Å². The Bertz CT molecular complexity index is 621. The molecule has 0 bridgehead atoms. The van der Waals surface area contributed by atoms with E-state index in [0.29, 0.717) is 20.9 Å². The molecule has 9 heteroatoms. The minimum absolute atomic E-state index is 0.186. The van der Waals surface area contributed by atoms with Gasteiger partial charge in [-0.15, -0.1) is 10.2 Å². The first-order valence-corrected chi connectivity index (χ1v) is 8.13. The third-order valence-corrected chi connectivity index (χ3v) is 4.44. The lowest BCUT2D eigenvalue weighted by Crippen LogP contribution is -2.20. The summed E-state index contributed by atoms with van der Waals surface area (Å²) in [4.78, 5) is 11.7. The highest BCUT2D eigenvalue weighted by Gasteiger charge is 2.10. The SMILES string of the molecule is CSc1nnc(NC(=O)COc2cc(Cl)ccc2Cl)s1. The Morgan fingerprint density at radius 2 is 2.25 bits per heavy atom. The van der Waals surface area contributed by atoms with Crippen LogP contribution in [-0.4, -0.2) is 29.0 Å². The van der Waals surface area contributed by atoms with Gasteiger partial charge in [-0.05, 0) is 18.4 Å². The summed E-state index contributed by atoms with van der Waals surface area (Å²) in [6.45, 7) is -0.186. The first-order chi connectivity index (χ1) is 9.58. The number of nitrogens with one attached hydrogen (secondary N) is 1. The lowest BCUT2D eigenvalue weighted by molar-refractivity contribution is -0.118. The largest absolute Gasteiger partial charge is 0.482 e. The average Bonchev–Trinajstić information content (AvgIpc) is 2.87. The van der Waals surface area contributed by atoms with E-state index >= 15 is 0 Å². The molecule has 0 saturated heterocycles. The van der Waals surface area contributed by atoms with Crippen LogP contribution in [0.3, 0.4) is 0 Å². The van der Waals surface area contributed by atoms with Crippen molar-refractivity contribution < 1.29 is 9.53 Å². The van der Waals surface area contributed by atoms with Crippen LogP contribution in [0.1, 0.15) is 0 Å². The number of ether oxygens (including phenoxy) is 1. The quantitative estimate of drug-likeness (QED) is 0.660. The Morgan fingerprint density at radius 3 is 2.95 bits per heavy atom. The van der Waals surface area contributed by atoms with Crippen LogP contribution in [0.15, 0.2) is 22.5 Å². The zero-order chi connectivity index (χ0) is 14.5. The highest BCUT2D eigenvalue weighted by atomic mass is 35.5. The lowest BCUT2D eigenvalue weighted by Gasteiger charge is -2.07. The fraction of sp³-hybridized carbons (Fsp3) is 0.182. The number of benzene rings is 1. The molecule has 0 aliphatic rings. The second-order valence-corrected chi connectivity index (χ2v) is 6.36. The molecule has 1 aromatic carbocycles. The predicted molar refractivity (Wildman–Crippen MR) is 82.3 cm³/mol. The number of carbonyl (C=O) groups is 1. The monoisotopic (exact) mass is 349 g/mol. The first kappa shape index (κ1) is 15.4. The van der Waals surface area contributed by atoms with Gasteiger partial charge in [0.05, 0.1) is 5.02 Å². The summed E-state index contributed by atoms with van der Waals surface area (Å²) in [5, 5.41) is 11.6. The van der Waals surface area contributed by atoms with Crippen molar-refractivity contribution in [2.45, 2.75) is 4.34 Å². The summed E-state index contributed by atoms with van der Waals surface area (Å²) >= 11 is 14.5. The molecule has 0 aliphatic carbocycles. The molecule has 5 nitrogen and oxygen atoms in total. The molecular weight excluding hydrogens is 341 g/mol. The number of halogens is 2. The smallest absolute Gasteiger partial charge is 0.264 e. The molecule has 0 fully saturated rings. The maximum Gasteiger partial charge on any atom is 0.264 e. The van der Waals surface area contributed by atoms with Crippen molar-refractivity contribution >= 4 is 57.3 Å². The van der Waals surface area contributed by atoms with Crippen molar-refractivity contribution in [2.75, 3.05) is 18.2 Å². The van der Waals surface area contributed by atoms with Gasteiger partial charge in [-0.2, -0.15) is 0 Å². The number of nitrogens with zero attached hydrogens (tertiary/aromatic N) is 2. The minimum atomic E-state index is -0.343. The molecule has 2 rings (SSSR count). The fourth-order valence-electron chi connectivity index (χ4n) is 1.23. The van der Waals surface area contributed by atoms with Crippen molar-refractivity contribution in [3.63, 3.8) is 0 Å². The van der Waals surface area contributed by atoms with Crippen LogP contribution in [0.2, 0.25) is 10.0 Å². The van der Waals surface area contributed by atoms with Crippen LogP contribution in [0.5, 0.6) is 5.75 Å². The van der Waals surface area contributed by atoms with Crippen LogP contribution < -0.4 is 10.1 Å². The maximum absolute atomic E-state index is 11.7. The van der Waals surface area contributed by atoms with E-state index in [0.717, 1.165) is 4.34 Å². The molecule has 1 amide bonds. The molecule has 1 N–H and O–H groups in total. The molecule has 0 saturated carbocycles. The number of rotatable bonds is 5. The number of hydrogen-bond acceptors (Lipinski definition) is 6. The first-order valence-electron chi connectivity index (χ1n) is 5.33. The van der Waals surface area contributed by atoms with Crippen LogP contribution in [-0.2, 0) is 4.79 Å². The van der Waals surface area contributed by atoms with E-state index in [2.05, 4.69) is 15.5 Å². The zero-order valence-corrected chi connectivity index (χ0v) is 13.4. The number of amides is 1. The molecule has 1 heterocycles. The number of aromatic nitrogens is 2. The Kier molecular flexibility index (Phi) is 5.47. The third-order valence-electron chi connectivity index (χ3n) is 2.08. The molecule has 0 aliphatic heterocycles. The van der Waals surface area contributed by atoms with Gasteiger partial charge >= 0.3 is 0 Å². The topological polar surface area (TPSA) is 64.1 Å². The summed E-state index contributed by atoms with van der Waals surface area (Å²) in [5.41, 5.74) is 0. The van der Waals surface area contributed by atoms with E-state index in [1.807, 2.05) is 6.26 Å². The summed E-state index contributed by atoms with van der Waals surface area (Å²) in [6.07, 6.45) is 1.89. The van der Waals surface area contributed by atoms with Gasteiger partial charge in [0.2, 0.25) is 5.13 Å². The van der Waals surface area contributed by atoms with Crippen LogP contribution >= 0.6 is 46.3 Å². The van der Waals surface area contributed by atoms with Gasteiger partial charge in [-0.3, -0.25) is 10.1 Å². The van der Waals surface area contributed by atoms with Gasteiger partial charge in [0, 0.05) is 11.1 Å². The van der Waals surface area contributed by atoms with Crippen LogP contribution in [0.4, 0.5) is 5.13 Å². The number of hydrogen-bond donors (Lipinski definition) is 1. The second-order valence-electron chi connectivity index (χ2n) is 3.49. The van der Waals surface area contributed by atoms with Gasteiger partial charge in [0.25, 0.3) is 5.91 Å². The maximum atomic E-state index is 11.7. The van der Waals surface area contributed by atoms with Gasteiger partial charge < -0.3 is 4.74 Å². The number of carbonyl (C=O) groups excluding carboxylic acids is 1. The van der Waals surface area contributed by atoms with E-state index in [9.17, 15) is 4.79 Å². The summed E-state index contributed by atoms with van der Waals surface area (Å²) in [6, 6.07) is 4.79. The molecular formula is C11H9Cl2N3O2S2. The Labute approximate surface area is 133 Å². The highest BCUT2D eigenvalue weighted by Crippen LogP contribution is 2.27. The van der Waals surface area contributed by atoms with Gasteiger partial charge in [0.15, 0.2) is 10.9 Å². The Balaban J connectivity index is 1.90. The van der Waals surface area contributed by atoms with Gasteiger partial charge in [-0.1, -0.05) is 46.3 Å². The molecule has 0 atom stereocenters. The van der Waals surface area contributed by atoms with Crippen molar-refractivity contribution in [3.05, 3.63) is 28.2 Å². The molecule has 0 spiro atoms. The lowest BCUT2D eigenvalue weighted by atomic mass is 10.3. The summed E-state index contributed by atoms with van der Waals surface area (Å²) in [7, 11) is 0. The molecule has 0 radical (unpaired) electrons. The van der Waals surface area contributed by atoms with E-state index in [4.69, 9.17) is 27.9 Å². The zero-order valence-electron chi connectivity index (χ0n) is 10.2.